The van der Waals surface area contributed by atoms with Gasteiger partial charge in [-0.15, -0.1) is 5.10 Å². The quantitative estimate of drug-likeness (QED) is 0.196. The minimum atomic E-state index is 0.373. The number of rotatable bonds is 6. The molecule has 0 bridgehead atoms. The first-order valence-electron chi connectivity index (χ1n) is 15.3. The molecule has 14 nitrogen and oxygen atoms in total. The molecule has 0 aliphatic carbocycles. The van der Waals surface area contributed by atoms with E-state index in [2.05, 4.69) is 106 Å². The minimum Gasteiger partial charge on any atom is -0.432 e. The van der Waals surface area contributed by atoms with Gasteiger partial charge in [-0.3, -0.25) is 9.78 Å². The molecular weight excluding hydrogens is 572 g/mol. The van der Waals surface area contributed by atoms with Gasteiger partial charge in [0.25, 0.3) is 6.01 Å². The number of nitrogens with zero attached hydrogens (tertiary/aromatic N) is 10. The Kier molecular flexibility index (Phi) is 17.0. The smallest absolute Gasteiger partial charge is 0.294 e. The summed E-state index contributed by atoms with van der Waals surface area (Å²) < 4.78 is 13.6. The molecule has 0 amide bonds. The van der Waals surface area contributed by atoms with Crippen LogP contribution >= 0.6 is 0 Å². The Morgan fingerprint density at radius 3 is 1.78 bits per heavy atom. The van der Waals surface area contributed by atoms with Crippen LogP contribution in [0.1, 0.15) is 128 Å². The number of aromatic amines is 1. The van der Waals surface area contributed by atoms with Gasteiger partial charge in [0, 0.05) is 42.2 Å². The number of anilines is 1. The molecule has 0 aromatic carbocycles. The van der Waals surface area contributed by atoms with Gasteiger partial charge < -0.3 is 14.3 Å². The molecule has 0 saturated carbocycles. The van der Waals surface area contributed by atoms with Crippen molar-refractivity contribution in [3.05, 3.63) is 65.7 Å². The molecule has 0 spiro atoms. The molecule has 0 aliphatic heterocycles. The third kappa shape index (κ3) is 15.8. The standard InChI is InChI=1S/C7H13N3.C7H12N2O.C6H11N3.C6H9NO.C5H9N3/c1-5(2)10-7(4)8-6(3)9-10;1-5(2)8-7-9-6(3)4-10-7;1-4(2)6-7-5(3)8-9-6;1-5(2)6-3-4-7-8-6;1-5(2)8-4-3-6-7-8/h5H,1-4H3;4-5H,1-3H3,(H,8,9);4H,1-3H3,(H,7,8,9);2*3-5H,1-2H3. The lowest BCUT2D eigenvalue weighted by Crippen LogP contribution is -2.09. The lowest BCUT2D eigenvalue weighted by molar-refractivity contribution is 0.371. The van der Waals surface area contributed by atoms with Gasteiger partial charge in [-0.2, -0.15) is 15.2 Å². The molecular formula is C31H54N12O2. The second kappa shape index (κ2) is 19.8. The van der Waals surface area contributed by atoms with Crippen molar-refractivity contribution >= 4 is 6.01 Å². The van der Waals surface area contributed by atoms with Crippen molar-refractivity contribution in [2.45, 2.75) is 127 Å². The predicted octanol–water partition coefficient (Wildman–Crippen LogP) is 7.17. The van der Waals surface area contributed by atoms with Crippen LogP contribution in [0.4, 0.5) is 6.01 Å². The molecule has 5 aromatic rings. The molecule has 0 atom stereocenters. The summed E-state index contributed by atoms with van der Waals surface area (Å²) in [4.78, 5) is 12.4. The first-order valence-corrected chi connectivity index (χ1v) is 15.3. The van der Waals surface area contributed by atoms with E-state index in [9.17, 15) is 0 Å². The highest BCUT2D eigenvalue weighted by atomic mass is 16.5. The van der Waals surface area contributed by atoms with Crippen LogP contribution in [0.2, 0.25) is 0 Å². The van der Waals surface area contributed by atoms with E-state index in [1.165, 1.54) is 0 Å². The molecule has 0 radical (unpaired) electrons. The van der Waals surface area contributed by atoms with Crippen molar-refractivity contribution in [3.63, 3.8) is 0 Å². The van der Waals surface area contributed by atoms with Crippen LogP contribution in [-0.2, 0) is 0 Å². The molecule has 2 N–H and O–H groups in total. The van der Waals surface area contributed by atoms with Gasteiger partial charge in [0.1, 0.15) is 29.5 Å². The lowest BCUT2D eigenvalue weighted by atomic mass is 10.2. The molecule has 0 fully saturated rings. The first kappa shape index (κ1) is 38.7. The van der Waals surface area contributed by atoms with Gasteiger partial charge in [-0.25, -0.2) is 14.6 Å². The van der Waals surface area contributed by atoms with Gasteiger partial charge >= 0.3 is 0 Å². The largest absolute Gasteiger partial charge is 0.432 e. The van der Waals surface area contributed by atoms with Crippen molar-refractivity contribution in [1.82, 2.24) is 55.1 Å². The summed E-state index contributed by atoms with van der Waals surface area (Å²) in [6.45, 7) is 28.4. The summed E-state index contributed by atoms with van der Waals surface area (Å²) in [5.74, 6) is 5.46. The Labute approximate surface area is 267 Å². The number of hydrogen-bond acceptors (Lipinski definition) is 11. The summed E-state index contributed by atoms with van der Waals surface area (Å²) >= 11 is 0. The maximum absolute atomic E-state index is 5.05. The fraction of sp³-hybridized carbons (Fsp3) is 0.613. The average molecular weight is 627 g/mol. The Hall–Kier alpha value is -4.36. The average Bonchev–Trinajstić information content (AvgIpc) is 3.77. The number of oxazole rings is 1. The molecule has 5 rings (SSSR count). The Morgan fingerprint density at radius 2 is 1.51 bits per heavy atom. The normalized spacial score (nSPS) is 10.6. The van der Waals surface area contributed by atoms with E-state index in [0.717, 1.165) is 34.8 Å². The topological polar surface area (TPSA) is 167 Å². The summed E-state index contributed by atoms with van der Waals surface area (Å²) in [7, 11) is 0. The SMILES string of the molecule is CC(C)c1ccno1.CC(C)n1ccnn1.Cc1coc(NC(C)C)n1.Cc1nc(C(C)C)n[nH]1.Cc1nc(C)n(C(C)C)n1. The van der Waals surface area contributed by atoms with Crippen LogP contribution in [-0.4, -0.2) is 61.1 Å². The van der Waals surface area contributed by atoms with Crippen LogP contribution in [0.5, 0.6) is 0 Å². The number of aryl methyl sites for hydroxylation is 4. The molecule has 0 saturated heterocycles. The molecule has 14 heteroatoms. The Morgan fingerprint density at radius 1 is 0.822 bits per heavy atom. The first-order chi connectivity index (χ1) is 21.1. The monoisotopic (exact) mass is 626 g/mol. The molecule has 5 heterocycles. The van der Waals surface area contributed by atoms with Gasteiger partial charge in [-0.1, -0.05) is 38.1 Å². The fourth-order valence-corrected chi connectivity index (χ4v) is 3.33. The number of nitrogens with one attached hydrogen (secondary N) is 2. The second-order valence-corrected chi connectivity index (χ2v) is 11.8. The zero-order valence-corrected chi connectivity index (χ0v) is 29.6. The Bertz CT molecular complexity index is 1370. The zero-order valence-electron chi connectivity index (χ0n) is 29.6. The summed E-state index contributed by atoms with van der Waals surface area (Å²) in [6.07, 6.45) is 6.82. The van der Waals surface area contributed by atoms with Crippen molar-refractivity contribution in [2.75, 3.05) is 5.32 Å². The molecule has 45 heavy (non-hydrogen) atoms. The fourth-order valence-electron chi connectivity index (χ4n) is 3.33. The van der Waals surface area contributed by atoms with Crippen LogP contribution < -0.4 is 5.32 Å². The van der Waals surface area contributed by atoms with E-state index in [-0.39, 0.29) is 0 Å². The summed E-state index contributed by atoms with van der Waals surface area (Å²) in [6, 6.07) is 3.70. The van der Waals surface area contributed by atoms with Crippen molar-refractivity contribution < 1.29 is 8.94 Å². The lowest BCUT2D eigenvalue weighted by Gasteiger charge is -2.04. The van der Waals surface area contributed by atoms with E-state index in [0.29, 0.717) is 36.0 Å². The van der Waals surface area contributed by atoms with Crippen LogP contribution in [0.15, 0.2) is 39.9 Å². The molecule has 250 valence electrons. The highest BCUT2D eigenvalue weighted by molar-refractivity contribution is 5.21. The van der Waals surface area contributed by atoms with E-state index in [1.807, 2.05) is 58.5 Å². The summed E-state index contributed by atoms with van der Waals surface area (Å²) in [5, 5.41) is 25.0. The van der Waals surface area contributed by atoms with Gasteiger partial charge in [0.2, 0.25) is 0 Å². The van der Waals surface area contributed by atoms with Gasteiger partial charge in [-0.05, 0) is 69.2 Å². The maximum atomic E-state index is 5.05. The van der Waals surface area contributed by atoms with Gasteiger partial charge in [0.05, 0.1) is 18.1 Å². The van der Waals surface area contributed by atoms with Gasteiger partial charge in [0.15, 0.2) is 5.82 Å². The maximum Gasteiger partial charge on any atom is 0.294 e. The molecule has 0 unspecified atom stereocenters. The Balaban J connectivity index is 0.000000282. The highest BCUT2D eigenvalue weighted by Gasteiger charge is 2.04. The third-order valence-corrected chi connectivity index (χ3v) is 5.56. The number of aromatic nitrogens is 11. The third-order valence-electron chi connectivity index (χ3n) is 5.56. The second-order valence-electron chi connectivity index (χ2n) is 11.8. The summed E-state index contributed by atoms with van der Waals surface area (Å²) in [5.41, 5.74) is 0.906. The van der Waals surface area contributed by atoms with Crippen molar-refractivity contribution in [3.8, 4) is 0 Å². The van der Waals surface area contributed by atoms with E-state index in [1.54, 1.807) is 23.3 Å². The molecule has 0 aliphatic rings. The van der Waals surface area contributed by atoms with E-state index < -0.39 is 0 Å². The molecule has 5 aromatic heterocycles. The van der Waals surface area contributed by atoms with Crippen LogP contribution in [0.25, 0.3) is 0 Å². The number of hydrogen-bond donors (Lipinski definition) is 2. The minimum absolute atomic E-state index is 0.373. The van der Waals surface area contributed by atoms with Crippen molar-refractivity contribution in [2.24, 2.45) is 0 Å². The van der Waals surface area contributed by atoms with Crippen molar-refractivity contribution in [1.29, 1.82) is 0 Å². The van der Waals surface area contributed by atoms with E-state index >= 15 is 0 Å². The van der Waals surface area contributed by atoms with Crippen LogP contribution in [0, 0.1) is 27.7 Å². The highest BCUT2D eigenvalue weighted by Crippen LogP contribution is 2.11. The van der Waals surface area contributed by atoms with E-state index in [4.69, 9.17) is 8.94 Å². The zero-order chi connectivity index (χ0) is 34.1. The predicted molar refractivity (Wildman–Crippen MR) is 176 cm³/mol. The van der Waals surface area contributed by atoms with Crippen LogP contribution in [0.3, 0.4) is 0 Å². The number of H-pyrrole nitrogens is 1.